The number of aliphatic hydroxyl groups is 1. The average Bonchev–Trinajstić information content (AvgIpc) is 1.41. The Labute approximate surface area is 728 Å². The summed E-state index contributed by atoms with van der Waals surface area (Å²) in [6, 6.07) is 72.8. The van der Waals surface area contributed by atoms with Crippen molar-refractivity contribution in [3.8, 4) is 11.5 Å². The Kier molecular flexibility index (Phi) is 29.1. The van der Waals surface area contributed by atoms with Crippen LogP contribution in [-0.4, -0.2) is 173 Å². The minimum Gasteiger partial charge on any atom is -0.497 e. The number of anilines is 3. The molecule has 9 heterocycles. The number of nitrogens with zero attached hydrogens (tertiary/aromatic N) is 12. The van der Waals surface area contributed by atoms with Gasteiger partial charge in [0.25, 0.3) is 0 Å². The number of halogens is 3. The second-order valence-corrected chi connectivity index (χ2v) is 36.1. The summed E-state index contributed by atoms with van der Waals surface area (Å²) >= 11 is 0. The van der Waals surface area contributed by atoms with E-state index in [2.05, 4.69) is 76.6 Å². The first-order valence-corrected chi connectivity index (χ1v) is 46.3. The zero-order valence-electron chi connectivity index (χ0n) is 69.5. The van der Waals surface area contributed by atoms with Crippen molar-refractivity contribution >= 4 is 73.7 Å². The van der Waals surface area contributed by atoms with Gasteiger partial charge < -0.3 is 82.2 Å². The van der Waals surface area contributed by atoms with Gasteiger partial charge in [-0.1, -0.05) is 206 Å². The van der Waals surface area contributed by atoms with Gasteiger partial charge in [-0.05, 0) is 68.8 Å². The highest BCUT2D eigenvalue weighted by molar-refractivity contribution is 7.53. The lowest BCUT2D eigenvalue weighted by atomic mass is 9.77. The topological polar surface area (TPSA) is 386 Å². The molecule has 0 saturated carbocycles. The van der Waals surface area contributed by atoms with Crippen molar-refractivity contribution in [1.29, 1.82) is 0 Å². The summed E-state index contributed by atoms with van der Waals surface area (Å²) in [6.45, 7) is 3.44. The molecule has 14 aromatic rings. The zero-order valence-corrected chi connectivity index (χ0v) is 72.1. The van der Waals surface area contributed by atoms with E-state index in [-0.39, 0.29) is 64.5 Å². The SMILES string of the molecule is COc1ccc(CO[C@H]2C(F)[C@@H](COP(C)(=O)OCc3ccccc3)O[C@H]2n2cnc3c(N)ncnc32)cc1.COc1ccc(CO[C@H]2C(F)[C@@H](COP(C)(=O)OCc3ccccc3)O[C@H]2n2cnc3c(NC(c4ccccc4)(c4ccccc4)c4ccccc4)ncnc32)cc1.CP(=O)(OCc1ccccc1)OC[C@H]1O[C@@H](n2cnc3c(N)ncnc32)[C@@H](O)C1F. The molecule has 0 spiro atoms. The van der Waals surface area contributed by atoms with Gasteiger partial charge >= 0.3 is 22.8 Å². The summed E-state index contributed by atoms with van der Waals surface area (Å²) < 4.78 is 165. The third-order valence-electron chi connectivity index (χ3n) is 21.2. The number of nitrogens with one attached hydrogen (secondary N) is 1. The van der Waals surface area contributed by atoms with E-state index in [0.717, 1.165) is 44.5 Å². The van der Waals surface area contributed by atoms with Gasteiger partial charge in [-0.25, -0.2) is 58.0 Å². The van der Waals surface area contributed by atoms with Crippen LogP contribution in [0.15, 0.2) is 268 Å². The molecule has 17 rings (SSSR count). The molecule has 662 valence electrons. The molecule has 8 aromatic carbocycles. The molecule has 0 bridgehead atoms. The first-order chi connectivity index (χ1) is 61.5. The third-order valence-corrected chi connectivity index (χ3v) is 24.9. The first-order valence-electron chi connectivity index (χ1n) is 40.3. The minimum absolute atomic E-state index is 0.0760. The monoisotopic (exact) mass is 1790 g/mol. The largest absolute Gasteiger partial charge is 0.497 e. The van der Waals surface area contributed by atoms with E-state index >= 15 is 8.78 Å². The fourth-order valence-electron chi connectivity index (χ4n) is 14.6. The van der Waals surface area contributed by atoms with Crippen LogP contribution in [-0.2, 0) is 103 Å². The van der Waals surface area contributed by atoms with Gasteiger partial charge in [0, 0.05) is 20.0 Å². The molecule has 0 radical (unpaired) electrons. The molecule has 3 saturated heterocycles. The number of nitrogens with two attached hydrogens (primary N) is 2. The van der Waals surface area contributed by atoms with Gasteiger partial charge in [-0.15, -0.1) is 0 Å². The molecular weight excluding hydrogens is 1700 g/mol. The van der Waals surface area contributed by atoms with Crippen LogP contribution in [0.3, 0.4) is 0 Å². The number of ether oxygens (including phenoxy) is 7. The summed E-state index contributed by atoms with van der Waals surface area (Å²) in [5, 5.41) is 14.1. The molecule has 3 aliphatic heterocycles. The first kappa shape index (κ1) is 90.2. The van der Waals surface area contributed by atoms with Gasteiger partial charge in [0.1, 0.15) is 83.7 Å². The van der Waals surface area contributed by atoms with E-state index in [4.69, 9.17) is 81.7 Å². The zero-order chi connectivity index (χ0) is 88.7. The maximum atomic E-state index is 16.6. The number of aromatic nitrogens is 12. The molecule has 6 N–H and O–H groups in total. The van der Waals surface area contributed by atoms with Gasteiger partial charge in [0.2, 0.25) is 0 Å². The summed E-state index contributed by atoms with van der Waals surface area (Å²) in [7, 11) is -7.40. The molecule has 32 nitrogen and oxygen atoms in total. The third kappa shape index (κ3) is 21.6. The van der Waals surface area contributed by atoms with E-state index in [1.165, 1.54) is 56.2 Å². The number of methoxy groups -OCH3 is 2. The molecule has 127 heavy (non-hydrogen) atoms. The van der Waals surface area contributed by atoms with Crippen molar-refractivity contribution in [3.63, 3.8) is 0 Å². The molecule has 0 aliphatic carbocycles. The molecule has 0 amide bonds. The highest BCUT2D eigenvalue weighted by Crippen LogP contribution is 2.51. The second-order valence-electron chi connectivity index (χ2n) is 29.9. The highest BCUT2D eigenvalue weighted by atomic mass is 31.2. The Hall–Kier alpha value is -11.6. The standard InChI is InChI=1S/C45H43FN5O6P.C26H29FN5O6P.C18H21FN5O5P/c1-53-37-25-23-33(24-26-37)27-54-41-39(46)38(29-56-58(2,52)55-28-32-15-7-3-8-16-32)57-44(41)51-31-49-40-42(47-30-48-43(40)51)50-45(34-17-9-4-10-18-34,35-19-11-5-12-20-35)36-21-13-6-14-22-36;1-34-19-10-8-18(9-11-19)12-35-23-21(27)20(14-37-39(2,33)36-13-17-6-4-3-5-7-17)38-26(23)32-16-31-22-24(28)29-15-30-25(22)32;1-30(26,27-7-11-5-3-2-4-6-11)28-8-12-13(19)15(25)18(29-12)24-10-23-14-16(20)21-9-22-17(14)24/h3-26,30-31,38-39,41,44H,27-29H2,1-2H3,(H,47,48,50);3-11,15-16,20-21,23,26H,12-14H2,1-2H3,(H2,28,29,30);2-6,9-10,12-13,15,18,25H,7-8H2,1H3,(H2,20,21,22)/t38-,39?,41+,44-,58?;20-,21?,23+,26-,39?;12-,13?,15+,18-,30?/m111/s1. The van der Waals surface area contributed by atoms with Crippen molar-refractivity contribution < 1.29 is 92.3 Å². The van der Waals surface area contributed by atoms with E-state index in [0.29, 0.717) is 50.8 Å². The predicted octanol–water partition coefficient (Wildman–Crippen LogP) is 15.5. The Morgan fingerprint density at radius 1 is 0.386 bits per heavy atom. The molecule has 3 aliphatic rings. The van der Waals surface area contributed by atoms with Crippen LogP contribution in [0.2, 0.25) is 0 Å². The quantitative estimate of drug-likeness (QED) is 0.0215. The number of hydrogen-bond acceptors (Lipinski definition) is 29. The van der Waals surface area contributed by atoms with Crippen molar-refractivity contribution in [3.05, 3.63) is 313 Å². The predicted molar refractivity (Wildman–Crippen MR) is 465 cm³/mol. The van der Waals surface area contributed by atoms with Crippen molar-refractivity contribution in [2.75, 3.05) is 70.8 Å². The molecule has 38 heteroatoms. The summed E-state index contributed by atoms with van der Waals surface area (Å²) in [5.41, 5.74) is 20.0. The Bertz CT molecular complexity index is 5970. The van der Waals surface area contributed by atoms with Gasteiger partial charge in [0.15, 0.2) is 77.1 Å². The second kappa shape index (κ2) is 41.0. The van der Waals surface area contributed by atoms with Gasteiger partial charge in [-0.3, -0.25) is 27.4 Å². The number of hydrogen-bond donors (Lipinski definition) is 4. The Balaban J connectivity index is 0.000000156. The van der Waals surface area contributed by atoms with Crippen molar-refractivity contribution in [2.24, 2.45) is 0 Å². The van der Waals surface area contributed by atoms with Crippen LogP contribution in [0.5, 0.6) is 11.5 Å². The lowest BCUT2D eigenvalue weighted by Crippen LogP contribution is -2.38. The van der Waals surface area contributed by atoms with E-state index in [1.54, 1.807) is 41.8 Å². The fourth-order valence-corrected chi connectivity index (χ4v) is 17.2. The number of fused-ring (bicyclic) bond motifs is 3. The van der Waals surface area contributed by atoms with Crippen molar-refractivity contribution in [2.45, 2.75) is 112 Å². The average molecular weight is 1790 g/mol. The number of aliphatic hydroxyl groups excluding tert-OH is 1. The highest BCUT2D eigenvalue weighted by Gasteiger charge is 2.51. The van der Waals surface area contributed by atoms with Crippen molar-refractivity contribution in [1.82, 2.24) is 58.6 Å². The number of imidazole rings is 3. The Morgan fingerprint density at radius 2 is 0.693 bits per heavy atom. The van der Waals surface area contributed by atoms with Crippen LogP contribution >= 0.6 is 22.8 Å². The number of rotatable bonds is 34. The Morgan fingerprint density at radius 3 is 1.06 bits per heavy atom. The smallest absolute Gasteiger partial charge is 0.328 e. The van der Waals surface area contributed by atoms with E-state index in [9.17, 15) is 23.2 Å². The molecule has 6 aromatic heterocycles. The normalized spacial score (nSPS) is 21.9. The fraction of sp³-hybridized carbons (Fsp3) is 0.292. The summed E-state index contributed by atoms with van der Waals surface area (Å²) in [6.07, 6.45) is -6.95. The van der Waals surface area contributed by atoms with Crippen LogP contribution in [0.25, 0.3) is 33.5 Å². The van der Waals surface area contributed by atoms with Crippen LogP contribution < -0.4 is 26.3 Å². The van der Waals surface area contributed by atoms with E-state index < -0.39 is 102 Å². The summed E-state index contributed by atoms with van der Waals surface area (Å²) in [4.78, 5) is 38.6. The van der Waals surface area contributed by atoms with Gasteiger partial charge in [0.05, 0.1) is 86.1 Å². The number of nitrogen functional groups attached to an aromatic ring is 2. The number of benzene rings is 8. The molecule has 3 fully saturated rings. The minimum atomic E-state index is -3.60. The molecule has 15 atom stereocenters. The lowest BCUT2D eigenvalue weighted by Gasteiger charge is -2.37. The van der Waals surface area contributed by atoms with Gasteiger partial charge in [-0.2, -0.15) is 0 Å². The number of alkyl halides is 3. The maximum Gasteiger partial charge on any atom is 0.328 e. The lowest BCUT2D eigenvalue weighted by molar-refractivity contribution is -0.0733. The molecule has 6 unspecified atom stereocenters. The summed E-state index contributed by atoms with van der Waals surface area (Å²) in [5.74, 6) is 2.18. The molecular formula is C89H93F3N15O17P3. The van der Waals surface area contributed by atoms with E-state index in [1.807, 2.05) is 182 Å². The van der Waals surface area contributed by atoms with Crippen LogP contribution in [0.4, 0.5) is 30.6 Å². The maximum absolute atomic E-state index is 16.6. The van der Waals surface area contributed by atoms with Crippen LogP contribution in [0, 0.1) is 0 Å². The van der Waals surface area contributed by atoms with Crippen LogP contribution in [0.1, 0.15) is 63.2 Å².